The molecule has 0 bridgehead atoms. The summed E-state index contributed by atoms with van der Waals surface area (Å²) in [6.07, 6.45) is 72.8. The molecule has 9 nitrogen and oxygen atoms in total. The summed E-state index contributed by atoms with van der Waals surface area (Å²) in [5.74, 6) is -0.556. The van der Waals surface area contributed by atoms with Crippen LogP contribution >= 0.6 is 7.82 Å². The molecule has 10 heteroatoms. The topological polar surface area (TPSA) is 114 Å². The Kier molecular flexibility index (Phi) is 54.8. The third kappa shape index (κ3) is 57.9. The van der Waals surface area contributed by atoms with Crippen LogP contribution in [-0.4, -0.2) is 69.4 Å². The van der Waals surface area contributed by atoms with Gasteiger partial charge in [0.1, 0.15) is 19.3 Å². The molecule has 1 amide bonds. The van der Waals surface area contributed by atoms with Crippen LogP contribution in [0.2, 0.25) is 0 Å². The molecule has 0 aromatic rings. The summed E-state index contributed by atoms with van der Waals surface area (Å²) in [6, 6.07) is -0.900. The number of likely N-dealkylation sites (N-methyl/N-ethyl adjacent to an activating group) is 1. The molecule has 0 rings (SSSR count). The fourth-order valence-corrected chi connectivity index (χ4v) is 9.81. The Labute approximate surface area is 476 Å². The van der Waals surface area contributed by atoms with Crippen molar-refractivity contribution < 1.29 is 37.3 Å². The molecule has 0 aliphatic carbocycles. The van der Waals surface area contributed by atoms with E-state index in [1.165, 1.54) is 141 Å². The Morgan fingerprint density at radius 2 is 0.792 bits per heavy atom. The molecule has 1 N–H and O–H groups in total. The molecule has 3 atom stereocenters. The summed E-state index contributed by atoms with van der Waals surface area (Å²) in [5.41, 5.74) is 0. The predicted molar refractivity (Wildman–Crippen MR) is 330 cm³/mol. The summed E-state index contributed by atoms with van der Waals surface area (Å²) in [4.78, 5) is 40.1. The van der Waals surface area contributed by atoms with Crippen LogP contribution in [-0.2, 0) is 27.9 Å². The highest BCUT2D eigenvalue weighted by atomic mass is 31.2. The first-order valence-electron chi connectivity index (χ1n) is 32.2. The quantitative estimate of drug-likeness (QED) is 0.0212. The molecule has 3 unspecified atom stereocenters. The second kappa shape index (κ2) is 56.7. The predicted octanol–water partition coefficient (Wildman–Crippen LogP) is 19.4. The van der Waals surface area contributed by atoms with Gasteiger partial charge in [0.25, 0.3) is 7.82 Å². The first kappa shape index (κ1) is 74.5. The lowest BCUT2D eigenvalue weighted by Gasteiger charge is -2.30. The normalized spacial score (nSPS) is 14.1. The van der Waals surface area contributed by atoms with E-state index in [-0.39, 0.29) is 24.9 Å². The molecule has 0 aliphatic heterocycles. The van der Waals surface area contributed by atoms with Gasteiger partial charge in [-0.15, -0.1) is 0 Å². The minimum Gasteiger partial charge on any atom is -0.756 e. The summed E-state index contributed by atoms with van der Waals surface area (Å²) in [7, 11) is 1.17. The molecule has 0 spiro atoms. The highest BCUT2D eigenvalue weighted by molar-refractivity contribution is 7.45. The number of nitrogens with one attached hydrogen (secondary N) is 1. The van der Waals surface area contributed by atoms with E-state index in [0.29, 0.717) is 17.4 Å². The Morgan fingerprint density at radius 1 is 0.455 bits per heavy atom. The van der Waals surface area contributed by atoms with Gasteiger partial charge in [-0.25, -0.2) is 0 Å². The molecule has 77 heavy (non-hydrogen) atoms. The van der Waals surface area contributed by atoms with Gasteiger partial charge < -0.3 is 28.5 Å². The van der Waals surface area contributed by atoms with Crippen LogP contribution in [0.4, 0.5) is 0 Å². The Balaban J connectivity index is 5.28. The van der Waals surface area contributed by atoms with Crippen molar-refractivity contribution >= 4 is 19.7 Å². The molecule has 0 saturated carbocycles. The van der Waals surface area contributed by atoms with Gasteiger partial charge in [-0.1, -0.05) is 248 Å². The van der Waals surface area contributed by atoms with Crippen molar-refractivity contribution in [2.24, 2.45) is 0 Å². The van der Waals surface area contributed by atoms with Crippen LogP contribution in [0.5, 0.6) is 0 Å². The zero-order chi connectivity index (χ0) is 56.4. The maximum Gasteiger partial charge on any atom is 0.306 e. The number of hydrogen-bond donors (Lipinski definition) is 1. The van der Waals surface area contributed by atoms with E-state index in [9.17, 15) is 19.0 Å². The summed E-state index contributed by atoms with van der Waals surface area (Å²) < 4.78 is 30.4. The fraction of sp³-hybridized carbons (Fsp3) is 0.791. The standard InChI is InChI=1S/C67H123N2O7P/c1-7-10-13-16-19-22-25-28-30-32-34-36-38-41-44-47-50-53-56-59-66(70)68-64(63-75-77(72,73)74-62-61-69(4,5)6)65(58-55-52-49-46-43-40-27-24-21-18-15-12-9-3)76-67(71)60-57-54-51-48-45-42-39-37-35-33-31-29-26-23-20-17-14-11-8-2/h19-20,22-23,28-31,34,36,55,58,64-65H,7-18,21,24-27,32-33,35,37-54,56-57,59-63H2,1-6H3,(H-,68,70,72,73)/b22-19-,23-20-,30-28-,31-29-,36-34-,58-55+. The molecule has 0 saturated heterocycles. The lowest BCUT2D eigenvalue weighted by molar-refractivity contribution is -0.870. The van der Waals surface area contributed by atoms with Gasteiger partial charge in [0.2, 0.25) is 5.91 Å². The number of carbonyl (C=O) groups is 2. The molecule has 0 aromatic carbocycles. The van der Waals surface area contributed by atoms with Crippen LogP contribution in [0.15, 0.2) is 72.9 Å². The first-order valence-corrected chi connectivity index (χ1v) is 33.7. The number of ether oxygens (including phenoxy) is 1. The monoisotopic (exact) mass is 1100 g/mol. The molecule has 0 radical (unpaired) electrons. The number of phosphoric ester groups is 1. The van der Waals surface area contributed by atoms with Crippen LogP contribution < -0.4 is 10.2 Å². The number of phosphoric acid groups is 1. The van der Waals surface area contributed by atoms with Gasteiger partial charge in [-0.2, -0.15) is 0 Å². The lowest BCUT2D eigenvalue weighted by Crippen LogP contribution is -2.47. The maximum absolute atomic E-state index is 13.6. The molecule has 0 aliphatic rings. The van der Waals surface area contributed by atoms with Gasteiger partial charge in [0.05, 0.1) is 33.8 Å². The van der Waals surface area contributed by atoms with E-state index in [2.05, 4.69) is 86.8 Å². The summed E-state index contributed by atoms with van der Waals surface area (Å²) >= 11 is 0. The number of hydrogen-bond acceptors (Lipinski definition) is 7. The molecule has 0 fully saturated rings. The molecular formula is C67H123N2O7P. The van der Waals surface area contributed by atoms with Crippen molar-refractivity contribution in [3.63, 3.8) is 0 Å². The lowest BCUT2D eigenvalue weighted by atomic mass is 10.0. The Hall–Kier alpha value is -2.55. The zero-order valence-corrected chi connectivity index (χ0v) is 52.0. The summed E-state index contributed by atoms with van der Waals surface area (Å²) in [6.45, 7) is 6.80. The van der Waals surface area contributed by atoms with Gasteiger partial charge in [0.15, 0.2) is 0 Å². The van der Waals surface area contributed by atoms with E-state index >= 15 is 0 Å². The number of amides is 1. The second-order valence-electron chi connectivity index (χ2n) is 22.9. The molecule has 0 heterocycles. The third-order valence-electron chi connectivity index (χ3n) is 14.1. The van der Waals surface area contributed by atoms with Crippen LogP contribution in [0.3, 0.4) is 0 Å². The minimum absolute atomic E-state index is 0.0278. The van der Waals surface area contributed by atoms with Crippen molar-refractivity contribution in [3.05, 3.63) is 72.9 Å². The van der Waals surface area contributed by atoms with Crippen molar-refractivity contribution in [2.45, 2.75) is 303 Å². The van der Waals surface area contributed by atoms with Crippen molar-refractivity contribution in [1.29, 1.82) is 0 Å². The maximum atomic E-state index is 13.6. The van der Waals surface area contributed by atoms with Crippen molar-refractivity contribution in [2.75, 3.05) is 40.9 Å². The Morgan fingerprint density at radius 3 is 1.21 bits per heavy atom. The van der Waals surface area contributed by atoms with Crippen LogP contribution in [0, 0.1) is 0 Å². The second-order valence-corrected chi connectivity index (χ2v) is 24.3. The zero-order valence-electron chi connectivity index (χ0n) is 51.2. The number of nitrogens with zero attached hydrogens (tertiary/aromatic N) is 1. The average Bonchev–Trinajstić information content (AvgIpc) is 3.39. The first-order chi connectivity index (χ1) is 37.4. The smallest absolute Gasteiger partial charge is 0.306 e. The number of quaternary nitrogens is 1. The number of unbranched alkanes of at least 4 members (excludes halogenated alkanes) is 32. The summed E-state index contributed by atoms with van der Waals surface area (Å²) in [5, 5.41) is 3.03. The average molecular weight is 1100 g/mol. The number of rotatable bonds is 58. The van der Waals surface area contributed by atoms with Gasteiger partial charge >= 0.3 is 5.97 Å². The number of carbonyl (C=O) groups excluding carboxylic acids is 2. The van der Waals surface area contributed by atoms with E-state index in [1.807, 2.05) is 33.3 Å². The van der Waals surface area contributed by atoms with E-state index in [1.54, 1.807) is 0 Å². The van der Waals surface area contributed by atoms with Gasteiger partial charge in [0, 0.05) is 12.8 Å². The molecule has 0 aromatic heterocycles. The Bertz CT molecular complexity index is 1550. The van der Waals surface area contributed by atoms with E-state index < -0.39 is 26.6 Å². The van der Waals surface area contributed by atoms with Crippen LogP contribution in [0.25, 0.3) is 0 Å². The third-order valence-corrected chi connectivity index (χ3v) is 15.1. The van der Waals surface area contributed by atoms with Crippen LogP contribution in [0.1, 0.15) is 290 Å². The van der Waals surface area contributed by atoms with Crippen molar-refractivity contribution in [1.82, 2.24) is 5.32 Å². The highest BCUT2D eigenvalue weighted by Gasteiger charge is 2.27. The molecular weight excluding hydrogens is 976 g/mol. The largest absolute Gasteiger partial charge is 0.756 e. The molecule has 448 valence electrons. The number of allylic oxidation sites excluding steroid dienone is 11. The van der Waals surface area contributed by atoms with Crippen molar-refractivity contribution in [3.8, 4) is 0 Å². The van der Waals surface area contributed by atoms with E-state index in [0.717, 1.165) is 116 Å². The number of esters is 1. The van der Waals surface area contributed by atoms with Gasteiger partial charge in [-0.3, -0.25) is 14.2 Å². The fourth-order valence-electron chi connectivity index (χ4n) is 9.09. The highest BCUT2D eigenvalue weighted by Crippen LogP contribution is 2.38. The van der Waals surface area contributed by atoms with E-state index in [4.69, 9.17) is 13.8 Å². The minimum atomic E-state index is -4.71. The van der Waals surface area contributed by atoms with Gasteiger partial charge in [-0.05, 0) is 102 Å². The SMILES string of the molecule is CCCCC/C=C\C/C=C\C/C=C\CCCCCCCCC(=O)NC(COP(=O)([O-])OCC[N+](C)(C)C)C(/C=C/CCCCCCCCCCCCC)OC(=O)CCCCCCCCCCC/C=C\C/C=C\CCCCC.